The van der Waals surface area contributed by atoms with Gasteiger partial charge in [0, 0.05) is 12.1 Å². The molecule has 0 unspecified atom stereocenters. The van der Waals surface area contributed by atoms with E-state index in [4.69, 9.17) is 27.9 Å². The Morgan fingerprint density at radius 1 is 1.03 bits per heavy atom. The topological polar surface area (TPSA) is 58.6 Å². The summed E-state index contributed by atoms with van der Waals surface area (Å²) in [5.74, 6) is 0.128. The molecule has 0 spiro atoms. The highest BCUT2D eigenvalue weighted by molar-refractivity contribution is 6.42. The number of aryl methyl sites for hydroxylation is 2. The molecule has 0 aliphatic rings. The Balaban J connectivity index is 2.28. The first kappa shape index (κ1) is 26.0. The van der Waals surface area contributed by atoms with Crippen LogP contribution < -0.4 is 10.1 Å². The second kappa shape index (κ2) is 11.1. The maximum Gasteiger partial charge on any atom is 0.261 e. The van der Waals surface area contributed by atoms with E-state index in [2.05, 4.69) is 5.32 Å². The molecular weight excluding hydrogens is 447 g/mol. The Kier molecular flexibility index (Phi) is 8.99. The molecule has 2 aromatic carbocycles. The number of carbonyl (C=O) groups is 2. The number of carbonyl (C=O) groups excluding carboxylic acids is 2. The van der Waals surface area contributed by atoms with Crippen LogP contribution in [-0.2, 0) is 16.1 Å². The fourth-order valence-corrected chi connectivity index (χ4v) is 3.77. The number of halogens is 2. The highest BCUT2D eigenvalue weighted by Crippen LogP contribution is 2.24. The Bertz CT molecular complexity index is 950. The van der Waals surface area contributed by atoms with Crippen molar-refractivity contribution in [2.24, 2.45) is 0 Å². The molecule has 0 aliphatic carbocycles. The third-order valence-corrected chi connectivity index (χ3v) is 5.52. The summed E-state index contributed by atoms with van der Waals surface area (Å²) in [4.78, 5) is 27.8. The van der Waals surface area contributed by atoms with Crippen molar-refractivity contribution in [3.05, 3.63) is 63.1 Å². The molecular formula is C25H32Cl2N2O3. The van der Waals surface area contributed by atoms with Crippen molar-refractivity contribution in [1.82, 2.24) is 10.2 Å². The third kappa shape index (κ3) is 7.72. The Hall–Kier alpha value is -2.24. The molecule has 0 heterocycles. The van der Waals surface area contributed by atoms with Crippen molar-refractivity contribution in [1.29, 1.82) is 0 Å². The molecule has 174 valence electrons. The van der Waals surface area contributed by atoms with Crippen LogP contribution in [0.3, 0.4) is 0 Å². The second-order valence-electron chi connectivity index (χ2n) is 9.05. The van der Waals surface area contributed by atoms with Gasteiger partial charge in [-0.2, -0.15) is 0 Å². The molecule has 0 aromatic heterocycles. The summed E-state index contributed by atoms with van der Waals surface area (Å²) in [6.07, 6.45) is 0.457. The molecule has 0 saturated heterocycles. The van der Waals surface area contributed by atoms with Gasteiger partial charge < -0.3 is 15.0 Å². The van der Waals surface area contributed by atoms with Crippen LogP contribution in [0, 0.1) is 13.8 Å². The van der Waals surface area contributed by atoms with Crippen molar-refractivity contribution in [3.63, 3.8) is 0 Å². The summed E-state index contributed by atoms with van der Waals surface area (Å²) in [7, 11) is 0. The zero-order chi connectivity index (χ0) is 24.1. The van der Waals surface area contributed by atoms with Crippen LogP contribution in [0.4, 0.5) is 0 Å². The van der Waals surface area contributed by atoms with Crippen LogP contribution in [-0.4, -0.2) is 34.9 Å². The summed E-state index contributed by atoms with van der Waals surface area (Å²) >= 11 is 12.2. The number of amides is 2. The summed E-state index contributed by atoms with van der Waals surface area (Å²) in [6, 6.07) is 10.3. The minimum atomic E-state index is -0.654. The van der Waals surface area contributed by atoms with Crippen molar-refractivity contribution >= 4 is 35.0 Å². The lowest BCUT2D eigenvalue weighted by molar-refractivity contribution is -0.143. The minimum Gasteiger partial charge on any atom is -0.484 e. The van der Waals surface area contributed by atoms with Gasteiger partial charge in [-0.05, 0) is 82.0 Å². The van der Waals surface area contributed by atoms with Gasteiger partial charge in [-0.25, -0.2) is 0 Å². The van der Waals surface area contributed by atoms with Gasteiger partial charge in [0.05, 0.1) is 10.0 Å². The average molecular weight is 479 g/mol. The van der Waals surface area contributed by atoms with E-state index in [0.29, 0.717) is 22.2 Å². The fraction of sp³-hybridized carbons (Fsp3) is 0.440. The van der Waals surface area contributed by atoms with E-state index in [1.165, 1.54) is 0 Å². The number of nitrogens with zero attached hydrogens (tertiary/aromatic N) is 1. The SMILES string of the molecule is CC[C@@H](C(=O)NC(C)(C)C)N(Cc1ccc(Cl)c(Cl)c1)C(=O)COc1cc(C)cc(C)c1. The van der Waals surface area contributed by atoms with Crippen LogP contribution in [0.25, 0.3) is 0 Å². The molecule has 1 atom stereocenters. The number of hydrogen-bond donors (Lipinski definition) is 1. The molecule has 2 amide bonds. The van der Waals surface area contributed by atoms with E-state index in [9.17, 15) is 9.59 Å². The number of benzene rings is 2. The summed E-state index contributed by atoms with van der Waals surface area (Å²) < 4.78 is 5.80. The Morgan fingerprint density at radius 2 is 1.66 bits per heavy atom. The second-order valence-corrected chi connectivity index (χ2v) is 9.86. The lowest BCUT2D eigenvalue weighted by Crippen LogP contribution is -2.54. The molecule has 32 heavy (non-hydrogen) atoms. The van der Waals surface area contributed by atoms with Gasteiger partial charge in [-0.15, -0.1) is 0 Å². The molecule has 5 nitrogen and oxygen atoms in total. The van der Waals surface area contributed by atoms with Gasteiger partial charge >= 0.3 is 0 Å². The molecule has 0 bridgehead atoms. The quantitative estimate of drug-likeness (QED) is 0.528. The minimum absolute atomic E-state index is 0.177. The van der Waals surface area contributed by atoms with E-state index in [0.717, 1.165) is 16.7 Å². The first-order chi connectivity index (χ1) is 14.9. The van der Waals surface area contributed by atoms with E-state index < -0.39 is 11.6 Å². The molecule has 2 aromatic rings. The van der Waals surface area contributed by atoms with Gasteiger partial charge in [0.1, 0.15) is 11.8 Å². The van der Waals surface area contributed by atoms with E-state index in [-0.39, 0.29) is 25.0 Å². The predicted molar refractivity (Wildman–Crippen MR) is 130 cm³/mol. The molecule has 1 N–H and O–H groups in total. The van der Waals surface area contributed by atoms with Gasteiger partial charge in [0.25, 0.3) is 5.91 Å². The van der Waals surface area contributed by atoms with Gasteiger partial charge in [-0.3, -0.25) is 9.59 Å². The molecule has 0 radical (unpaired) electrons. The Labute approximate surface area is 201 Å². The lowest BCUT2D eigenvalue weighted by atomic mass is 10.1. The normalized spacial score (nSPS) is 12.2. The predicted octanol–water partition coefficient (Wildman–Crippen LogP) is 5.71. The highest BCUT2D eigenvalue weighted by Gasteiger charge is 2.31. The van der Waals surface area contributed by atoms with Crippen molar-refractivity contribution in [2.75, 3.05) is 6.61 Å². The maximum atomic E-state index is 13.3. The van der Waals surface area contributed by atoms with Crippen molar-refractivity contribution in [3.8, 4) is 5.75 Å². The summed E-state index contributed by atoms with van der Waals surface area (Å²) in [5.41, 5.74) is 2.46. The number of hydrogen-bond acceptors (Lipinski definition) is 3. The summed E-state index contributed by atoms with van der Waals surface area (Å²) in [6.45, 7) is 11.6. The fourth-order valence-electron chi connectivity index (χ4n) is 3.45. The molecule has 0 aliphatic heterocycles. The van der Waals surface area contributed by atoms with Gasteiger partial charge in [0.15, 0.2) is 6.61 Å². The van der Waals surface area contributed by atoms with E-state index in [1.54, 1.807) is 23.1 Å². The molecule has 0 saturated carbocycles. The molecule has 2 rings (SSSR count). The van der Waals surface area contributed by atoms with Crippen molar-refractivity contribution in [2.45, 2.75) is 66.1 Å². The molecule has 0 fully saturated rings. The Morgan fingerprint density at radius 3 is 2.19 bits per heavy atom. The van der Waals surface area contributed by atoms with Gasteiger partial charge in [0.2, 0.25) is 5.91 Å². The van der Waals surface area contributed by atoms with Crippen molar-refractivity contribution < 1.29 is 14.3 Å². The largest absolute Gasteiger partial charge is 0.484 e. The monoisotopic (exact) mass is 478 g/mol. The van der Waals surface area contributed by atoms with Crippen LogP contribution in [0.15, 0.2) is 36.4 Å². The van der Waals surface area contributed by atoms with Crippen LogP contribution in [0.1, 0.15) is 50.8 Å². The first-order valence-electron chi connectivity index (χ1n) is 10.7. The standard InChI is InChI=1S/C25H32Cl2N2O3/c1-7-22(24(31)28-25(4,5)6)29(14-18-8-9-20(26)21(27)13-18)23(30)15-32-19-11-16(2)10-17(3)12-19/h8-13,22H,7,14-15H2,1-6H3,(H,28,31)/t22-/m0/s1. The molecule has 7 heteroatoms. The third-order valence-electron chi connectivity index (χ3n) is 4.78. The average Bonchev–Trinajstić information content (AvgIpc) is 2.66. The van der Waals surface area contributed by atoms with E-state index in [1.807, 2.05) is 59.7 Å². The lowest BCUT2D eigenvalue weighted by Gasteiger charge is -2.33. The van der Waals surface area contributed by atoms with Crippen LogP contribution in [0.5, 0.6) is 5.75 Å². The first-order valence-corrected chi connectivity index (χ1v) is 11.4. The zero-order valence-corrected chi connectivity index (χ0v) is 21.1. The zero-order valence-electron chi connectivity index (χ0n) is 19.6. The number of rotatable bonds is 8. The number of ether oxygens (including phenoxy) is 1. The van der Waals surface area contributed by atoms with Gasteiger partial charge in [-0.1, -0.05) is 42.3 Å². The summed E-state index contributed by atoms with van der Waals surface area (Å²) in [5, 5.41) is 3.81. The number of nitrogens with one attached hydrogen (secondary N) is 1. The smallest absolute Gasteiger partial charge is 0.261 e. The highest BCUT2D eigenvalue weighted by atomic mass is 35.5. The van der Waals surface area contributed by atoms with E-state index >= 15 is 0 Å². The maximum absolute atomic E-state index is 13.3. The van der Waals surface area contributed by atoms with Crippen LogP contribution >= 0.6 is 23.2 Å². The van der Waals surface area contributed by atoms with Crippen LogP contribution in [0.2, 0.25) is 10.0 Å².